The Balaban J connectivity index is 1.81. The number of hydrogen-bond donors (Lipinski definition) is 4. The van der Waals surface area contributed by atoms with Gasteiger partial charge in [-0.2, -0.15) is 13.2 Å². The summed E-state index contributed by atoms with van der Waals surface area (Å²) < 4.78 is 39.6. The van der Waals surface area contributed by atoms with Crippen molar-refractivity contribution in [3.05, 3.63) is 68.8 Å². The van der Waals surface area contributed by atoms with Crippen molar-refractivity contribution in [2.24, 2.45) is 0 Å². The first-order valence-corrected chi connectivity index (χ1v) is 11.4. The van der Waals surface area contributed by atoms with Crippen LogP contribution in [-0.2, 0) is 6.18 Å². The van der Waals surface area contributed by atoms with Crippen molar-refractivity contribution in [2.75, 3.05) is 11.9 Å². The minimum absolute atomic E-state index is 0.0454. The van der Waals surface area contributed by atoms with Gasteiger partial charge in [0.1, 0.15) is 10.8 Å². The van der Waals surface area contributed by atoms with E-state index in [9.17, 15) is 27.6 Å². The van der Waals surface area contributed by atoms with Crippen molar-refractivity contribution in [3.8, 4) is 32.8 Å². The fourth-order valence-electron chi connectivity index (χ4n) is 3.22. The summed E-state index contributed by atoms with van der Waals surface area (Å²) in [4.78, 5) is 52.2. The molecule has 0 fully saturated rings. The fraction of sp³-hybridized carbons (Fsp3) is 0.182. The number of nitrogens with one attached hydrogen (secondary N) is 4. The van der Waals surface area contributed by atoms with Crippen LogP contribution in [0.25, 0.3) is 32.8 Å². The third-order valence-corrected chi connectivity index (χ3v) is 5.76. The molecule has 0 aliphatic heterocycles. The van der Waals surface area contributed by atoms with Crippen LogP contribution in [0.4, 0.5) is 23.8 Å². The van der Waals surface area contributed by atoms with Gasteiger partial charge in [-0.3, -0.25) is 20.1 Å². The molecule has 4 heterocycles. The minimum atomic E-state index is -4.63. The normalized spacial score (nSPS) is 11.3. The Morgan fingerprint density at radius 2 is 1.83 bits per heavy atom. The number of urea groups is 1. The second-order valence-electron chi connectivity index (χ2n) is 7.48. The summed E-state index contributed by atoms with van der Waals surface area (Å²) in [6, 6.07) is 2.48. The van der Waals surface area contributed by atoms with E-state index in [4.69, 9.17) is 0 Å². The number of aromatic amines is 2. The number of carbonyl (C=O) groups excluding carboxylic acids is 1. The Bertz CT molecular complexity index is 1530. The summed E-state index contributed by atoms with van der Waals surface area (Å²) in [6.07, 6.45) is 1.54. The van der Waals surface area contributed by atoms with Crippen LogP contribution in [-0.4, -0.2) is 37.5 Å². The summed E-state index contributed by atoms with van der Waals surface area (Å²) in [7, 11) is 0. The molecule has 2 amide bonds. The van der Waals surface area contributed by atoms with E-state index in [0.29, 0.717) is 29.7 Å². The van der Waals surface area contributed by atoms with Crippen LogP contribution in [0.5, 0.6) is 0 Å². The number of hydrogen-bond acceptors (Lipinski definition) is 7. The third-order valence-electron chi connectivity index (χ3n) is 4.89. The molecule has 4 aromatic heterocycles. The predicted molar refractivity (Wildman–Crippen MR) is 128 cm³/mol. The van der Waals surface area contributed by atoms with Gasteiger partial charge >= 0.3 is 17.9 Å². The average molecular weight is 517 g/mol. The number of carbonyl (C=O) groups is 1. The molecule has 0 aliphatic rings. The zero-order chi connectivity index (χ0) is 25.9. The molecule has 0 aliphatic carbocycles. The Morgan fingerprint density at radius 1 is 1.08 bits per heavy atom. The smallest absolute Gasteiger partial charge is 0.338 e. The van der Waals surface area contributed by atoms with Crippen LogP contribution in [0.15, 0.2) is 51.9 Å². The van der Waals surface area contributed by atoms with Gasteiger partial charge in [-0.05, 0) is 18.6 Å². The maximum atomic E-state index is 13.2. The number of alkyl halides is 3. The topological polar surface area (TPSA) is 146 Å². The Morgan fingerprint density at radius 3 is 2.50 bits per heavy atom. The first-order valence-electron chi connectivity index (χ1n) is 10.5. The average Bonchev–Trinajstić information content (AvgIpc) is 3.34. The summed E-state index contributed by atoms with van der Waals surface area (Å²) in [5.41, 5.74) is -0.805. The lowest BCUT2D eigenvalue weighted by Crippen LogP contribution is -2.29. The molecule has 4 rings (SSSR count). The molecule has 0 aromatic carbocycles. The number of nitrogens with zero attached hydrogens (tertiary/aromatic N) is 3. The van der Waals surface area contributed by atoms with E-state index < -0.39 is 29.2 Å². The van der Waals surface area contributed by atoms with E-state index in [1.807, 2.05) is 6.92 Å². The molecule has 4 aromatic rings. The quantitative estimate of drug-likeness (QED) is 0.306. The maximum Gasteiger partial charge on any atom is 0.434 e. The number of pyridine rings is 2. The molecule has 0 saturated carbocycles. The van der Waals surface area contributed by atoms with Crippen LogP contribution in [0.3, 0.4) is 0 Å². The van der Waals surface area contributed by atoms with Crippen LogP contribution >= 0.6 is 11.3 Å². The highest BCUT2D eigenvalue weighted by Crippen LogP contribution is 2.38. The molecular formula is C22H18F3N7O3S. The molecule has 10 nitrogen and oxygen atoms in total. The molecule has 0 spiro atoms. The highest BCUT2D eigenvalue weighted by molar-refractivity contribution is 7.13. The SMILES string of the molecule is CCCNC(=O)Nc1cc(-c2nc(C(F)(F)F)cs2)c(-c2cncc(-c3c[nH]c(=O)[nH]c3=O)c2)cn1. The number of anilines is 1. The van der Waals surface area contributed by atoms with Crippen molar-refractivity contribution in [2.45, 2.75) is 19.5 Å². The second-order valence-corrected chi connectivity index (χ2v) is 8.34. The molecule has 186 valence electrons. The van der Waals surface area contributed by atoms with E-state index in [1.165, 1.54) is 30.9 Å². The predicted octanol–water partition coefficient (Wildman–Crippen LogP) is 3.86. The van der Waals surface area contributed by atoms with Crippen molar-refractivity contribution in [3.63, 3.8) is 0 Å². The Kier molecular flexibility index (Phi) is 6.96. The number of H-pyrrole nitrogens is 2. The van der Waals surface area contributed by atoms with E-state index in [2.05, 4.69) is 35.6 Å². The van der Waals surface area contributed by atoms with Crippen molar-refractivity contribution in [1.29, 1.82) is 0 Å². The van der Waals surface area contributed by atoms with Crippen LogP contribution in [0.1, 0.15) is 19.0 Å². The minimum Gasteiger partial charge on any atom is -0.338 e. The number of rotatable bonds is 6. The number of aromatic nitrogens is 5. The lowest BCUT2D eigenvalue weighted by Gasteiger charge is -2.12. The molecular weight excluding hydrogens is 499 g/mol. The monoisotopic (exact) mass is 517 g/mol. The van der Waals surface area contributed by atoms with Gasteiger partial charge in [-0.1, -0.05) is 6.92 Å². The van der Waals surface area contributed by atoms with Crippen molar-refractivity contribution in [1.82, 2.24) is 30.2 Å². The van der Waals surface area contributed by atoms with E-state index in [-0.39, 0.29) is 22.0 Å². The third kappa shape index (κ3) is 5.49. The van der Waals surface area contributed by atoms with Gasteiger partial charge in [-0.25, -0.2) is 19.6 Å². The van der Waals surface area contributed by atoms with E-state index in [1.54, 1.807) is 6.07 Å². The number of thiazole rings is 1. The standard InChI is InChI=1S/C22H18F3N7O3S/c1-2-3-27-20(34)31-17-5-13(19-30-16(10-36-19)22(23,24)25)14(8-28-17)11-4-12(7-26-6-11)15-9-29-21(35)32-18(15)33/h4-10H,2-3H2,1H3,(H2,27,28,31,34)(H2,29,32,33,35). The van der Waals surface area contributed by atoms with E-state index in [0.717, 1.165) is 16.7 Å². The highest BCUT2D eigenvalue weighted by Gasteiger charge is 2.34. The lowest BCUT2D eigenvalue weighted by molar-refractivity contribution is -0.140. The first-order chi connectivity index (χ1) is 17.2. The summed E-state index contributed by atoms with van der Waals surface area (Å²) in [5.74, 6) is 0.104. The molecule has 0 bridgehead atoms. The zero-order valence-corrected chi connectivity index (χ0v) is 19.4. The zero-order valence-electron chi connectivity index (χ0n) is 18.6. The van der Waals surface area contributed by atoms with Gasteiger partial charge in [0, 0.05) is 59.0 Å². The van der Waals surface area contributed by atoms with Crippen molar-refractivity contribution < 1.29 is 18.0 Å². The summed E-state index contributed by atoms with van der Waals surface area (Å²) in [6.45, 7) is 2.32. The van der Waals surface area contributed by atoms with Gasteiger partial charge in [0.2, 0.25) is 0 Å². The van der Waals surface area contributed by atoms with Crippen LogP contribution in [0.2, 0.25) is 0 Å². The lowest BCUT2D eigenvalue weighted by atomic mass is 10.0. The number of halogens is 3. The van der Waals surface area contributed by atoms with Crippen LogP contribution < -0.4 is 21.9 Å². The van der Waals surface area contributed by atoms with Crippen LogP contribution in [0, 0.1) is 0 Å². The summed E-state index contributed by atoms with van der Waals surface area (Å²) in [5, 5.41) is 6.12. The summed E-state index contributed by atoms with van der Waals surface area (Å²) >= 11 is 0.782. The molecule has 0 atom stereocenters. The molecule has 14 heteroatoms. The molecule has 4 N–H and O–H groups in total. The molecule has 0 radical (unpaired) electrons. The molecule has 0 unspecified atom stereocenters. The van der Waals surface area contributed by atoms with Gasteiger partial charge in [0.25, 0.3) is 5.56 Å². The molecule has 0 saturated heterocycles. The second kappa shape index (κ2) is 10.1. The van der Waals surface area contributed by atoms with E-state index >= 15 is 0 Å². The van der Waals surface area contributed by atoms with Gasteiger partial charge in [-0.15, -0.1) is 11.3 Å². The fourth-order valence-corrected chi connectivity index (χ4v) is 4.07. The van der Waals surface area contributed by atoms with Gasteiger partial charge < -0.3 is 10.3 Å². The van der Waals surface area contributed by atoms with Crippen molar-refractivity contribution >= 4 is 23.2 Å². The molecule has 36 heavy (non-hydrogen) atoms. The maximum absolute atomic E-state index is 13.2. The van der Waals surface area contributed by atoms with Gasteiger partial charge in [0.05, 0.1) is 5.56 Å². The Hall–Kier alpha value is -4.33. The number of amides is 2. The highest BCUT2D eigenvalue weighted by atomic mass is 32.1. The van der Waals surface area contributed by atoms with Gasteiger partial charge in [0.15, 0.2) is 5.69 Å². The largest absolute Gasteiger partial charge is 0.434 e. The Labute approximate surface area is 204 Å². The first kappa shape index (κ1) is 24.8.